The summed E-state index contributed by atoms with van der Waals surface area (Å²) in [7, 11) is 2.40. The van der Waals surface area contributed by atoms with Crippen molar-refractivity contribution in [2.24, 2.45) is 35.3 Å². The first-order chi connectivity index (χ1) is 9.11. The van der Waals surface area contributed by atoms with E-state index >= 15 is 0 Å². The zero-order valence-electron chi connectivity index (χ0n) is 12.6. The summed E-state index contributed by atoms with van der Waals surface area (Å²) in [5, 5.41) is 0. The SMILES string of the molecule is CN(C1C2CC3CC(C2)CC1C3)C(C)(CN)C1CC1. The number of nitrogens with zero attached hydrogens (tertiary/aromatic N) is 1. The molecule has 19 heavy (non-hydrogen) atoms. The van der Waals surface area contributed by atoms with E-state index in [1.54, 1.807) is 6.42 Å². The lowest BCUT2D eigenvalue weighted by molar-refractivity contribution is -0.0908. The monoisotopic (exact) mass is 262 g/mol. The van der Waals surface area contributed by atoms with Gasteiger partial charge in [0.25, 0.3) is 0 Å². The number of hydrogen-bond donors (Lipinski definition) is 1. The molecule has 2 heteroatoms. The molecule has 0 spiro atoms. The Labute approximate surface area is 118 Å². The molecule has 5 rings (SSSR count). The molecule has 5 aliphatic carbocycles. The van der Waals surface area contributed by atoms with Crippen LogP contribution < -0.4 is 5.73 Å². The Hall–Kier alpha value is -0.0800. The molecular formula is C17H30N2. The quantitative estimate of drug-likeness (QED) is 0.844. The maximum Gasteiger partial charge on any atom is 0.0331 e. The molecule has 4 bridgehead atoms. The van der Waals surface area contributed by atoms with Crippen LogP contribution in [0.1, 0.15) is 51.9 Å². The molecule has 0 aliphatic heterocycles. The molecule has 1 atom stereocenters. The fraction of sp³-hybridized carbons (Fsp3) is 1.00. The van der Waals surface area contributed by atoms with Crippen molar-refractivity contribution in [3.8, 4) is 0 Å². The Morgan fingerprint density at radius 2 is 1.53 bits per heavy atom. The van der Waals surface area contributed by atoms with Crippen LogP contribution in [0.25, 0.3) is 0 Å². The second kappa shape index (κ2) is 4.21. The third kappa shape index (κ3) is 1.82. The molecule has 108 valence electrons. The fourth-order valence-corrected chi connectivity index (χ4v) is 6.17. The molecule has 0 amide bonds. The highest BCUT2D eigenvalue weighted by atomic mass is 15.2. The van der Waals surface area contributed by atoms with E-state index in [4.69, 9.17) is 5.73 Å². The van der Waals surface area contributed by atoms with Gasteiger partial charge < -0.3 is 5.73 Å². The molecule has 2 N–H and O–H groups in total. The highest BCUT2D eigenvalue weighted by molar-refractivity contribution is 5.07. The maximum absolute atomic E-state index is 6.20. The highest BCUT2D eigenvalue weighted by Gasteiger charge is 2.54. The predicted molar refractivity (Wildman–Crippen MR) is 78.8 cm³/mol. The van der Waals surface area contributed by atoms with Crippen molar-refractivity contribution in [1.82, 2.24) is 4.90 Å². The van der Waals surface area contributed by atoms with E-state index in [1.165, 1.54) is 38.5 Å². The first kappa shape index (κ1) is 12.6. The van der Waals surface area contributed by atoms with Crippen molar-refractivity contribution in [1.29, 1.82) is 0 Å². The minimum atomic E-state index is 0.278. The molecule has 0 aromatic carbocycles. The van der Waals surface area contributed by atoms with E-state index in [9.17, 15) is 0 Å². The van der Waals surface area contributed by atoms with Crippen molar-refractivity contribution in [3.63, 3.8) is 0 Å². The van der Waals surface area contributed by atoms with Gasteiger partial charge in [-0.1, -0.05) is 0 Å². The summed E-state index contributed by atoms with van der Waals surface area (Å²) in [4.78, 5) is 2.76. The van der Waals surface area contributed by atoms with Crippen LogP contribution in [-0.2, 0) is 0 Å². The first-order valence-corrected chi connectivity index (χ1v) is 8.55. The minimum Gasteiger partial charge on any atom is -0.329 e. The smallest absolute Gasteiger partial charge is 0.0331 e. The van der Waals surface area contributed by atoms with Crippen molar-refractivity contribution >= 4 is 0 Å². The zero-order valence-corrected chi connectivity index (χ0v) is 12.6. The van der Waals surface area contributed by atoms with Gasteiger partial charge >= 0.3 is 0 Å². The molecule has 2 nitrogen and oxygen atoms in total. The van der Waals surface area contributed by atoms with Gasteiger partial charge in [-0.05, 0) is 88.5 Å². The Balaban J connectivity index is 1.58. The topological polar surface area (TPSA) is 29.3 Å². The van der Waals surface area contributed by atoms with Gasteiger partial charge in [0, 0.05) is 18.1 Å². The van der Waals surface area contributed by atoms with E-state index in [0.29, 0.717) is 0 Å². The summed E-state index contributed by atoms with van der Waals surface area (Å²) in [5.41, 5.74) is 6.48. The molecular weight excluding hydrogens is 232 g/mol. The summed E-state index contributed by atoms with van der Waals surface area (Å²) < 4.78 is 0. The number of likely N-dealkylation sites (N-methyl/N-ethyl adjacent to an activating group) is 1. The van der Waals surface area contributed by atoms with E-state index in [0.717, 1.165) is 42.2 Å². The third-order valence-electron chi connectivity index (χ3n) is 7.30. The van der Waals surface area contributed by atoms with Gasteiger partial charge in [0.05, 0.1) is 0 Å². The van der Waals surface area contributed by atoms with Crippen molar-refractivity contribution in [3.05, 3.63) is 0 Å². The average Bonchev–Trinajstić information content (AvgIpc) is 3.20. The van der Waals surface area contributed by atoms with Crippen molar-refractivity contribution in [2.75, 3.05) is 13.6 Å². The lowest BCUT2D eigenvalue weighted by atomic mass is 9.53. The van der Waals surface area contributed by atoms with Gasteiger partial charge in [0.1, 0.15) is 0 Å². The molecule has 0 radical (unpaired) electrons. The summed E-state index contributed by atoms with van der Waals surface area (Å²) in [6.07, 6.45) is 10.5. The maximum atomic E-state index is 6.20. The molecule has 1 unspecified atom stereocenters. The summed E-state index contributed by atoms with van der Waals surface area (Å²) in [6, 6.07) is 0.849. The Kier molecular flexibility index (Phi) is 2.80. The van der Waals surface area contributed by atoms with E-state index in [2.05, 4.69) is 18.9 Å². The minimum absolute atomic E-state index is 0.278. The van der Waals surface area contributed by atoms with Crippen molar-refractivity contribution < 1.29 is 0 Å². The average molecular weight is 262 g/mol. The Morgan fingerprint density at radius 1 is 1.00 bits per heavy atom. The lowest BCUT2D eigenvalue weighted by Crippen LogP contribution is -2.63. The van der Waals surface area contributed by atoms with Crippen LogP contribution in [0.3, 0.4) is 0 Å². The van der Waals surface area contributed by atoms with Gasteiger partial charge in [0.2, 0.25) is 0 Å². The Morgan fingerprint density at radius 3 is 1.95 bits per heavy atom. The molecule has 0 aromatic rings. The van der Waals surface area contributed by atoms with Crippen LogP contribution in [0, 0.1) is 29.6 Å². The highest BCUT2D eigenvalue weighted by Crippen LogP contribution is 2.56. The predicted octanol–water partition coefficient (Wildman–Crippen LogP) is 2.87. The molecule has 0 aromatic heterocycles. The van der Waals surface area contributed by atoms with Crippen LogP contribution in [0.15, 0.2) is 0 Å². The largest absolute Gasteiger partial charge is 0.329 e. The lowest BCUT2D eigenvalue weighted by Gasteiger charge is -2.59. The van der Waals surface area contributed by atoms with Gasteiger partial charge in [0.15, 0.2) is 0 Å². The van der Waals surface area contributed by atoms with Crippen LogP contribution in [0.5, 0.6) is 0 Å². The fourth-order valence-electron chi connectivity index (χ4n) is 6.17. The van der Waals surface area contributed by atoms with Gasteiger partial charge in [-0.25, -0.2) is 0 Å². The first-order valence-electron chi connectivity index (χ1n) is 8.55. The Bertz CT molecular complexity index is 334. The summed E-state index contributed by atoms with van der Waals surface area (Å²) >= 11 is 0. The standard InChI is InChI=1S/C17H30N2/c1-17(10-18,15-3-4-15)19(2)16-13-6-11-5-12(8-13)9-14(16)7-11/h11-16H,3-10,18H2,1-2H3. The van der Waals surface area contributed by atoms with Gasteiger partial charge in [-0.3, -0.25) is 4.90 Å². The molecule has 5 saturated carbocycles. The van der Waals surface area contributed by atoms with Crippen LogP contribution >= 0.6 is 0 Å². The van der Waals surface area contributed by atoms with Gasteiger partial charge in [-0.15, -0.1) is 0 Å². The van der Waals surface area contributed by atoms with Crippen molar-refractivity contribution in [2.45, 2.75) is 63.5 Å². The number of hydrogen-bond acceptors (Lipinski definition) is 2. The summed E-state index contributed by atoms with van der Waals surface area (Å²) in [5.74, 6) is 5.02. The third-order valence-corrected chi connectivity index (χ3v) is 7.30. The molecule has 5 aliphatic rings. The molecule has 0 saturated heterocycles. The van der Waals surface area contributed by atoms with E-state index < -0.39 is 0 Å². The van der Waals surface area contributed by atoms with Gasteiger partial charge in [-0.2, -0.15) is 0 Å². The second-order valence-electron chi connectivity index (χ2n) is 8.37. The van der Waals surface area contributed by atoms with E-state index in [-0.39, 0.29) is 5.54 Å². The number of rotatable bonds is 4. The van der Waals surface area contributed by atoms with E-state index in [1.807, 2.05) is 0 Å². The molecule has 5 fully saturated rings. The normalized spacial score (nSPS) is 47.7. The van der Waals surface area contributed by atoms with Crippen LogP contribution in [0.4, 0.5) is 0 Å². The molecule has 0 heterocycles. The second-order valence-corrected chi connectivity index (χ2v) is 8.37. The summed E-state index contributed by atoms with van der Waals surface area (Å²) in [6.45, 7) is 3.28. The van der Waals surface area contributed by atoms with Crippen LogP contribution in [-0.4, -0.2) is 30.1 Å². The number of nitrogens with two attached hydrogens (primary N) is 1. The zero-order chi connectivity index (χ0) is 13.2. The van der Waals surface area contributed by atoms with Crippen LogP contribution in [0.2, 0.25) is 0 Å².